The third-order valence-corrected chi connectivity index (χ3v) is 3.32. The van der Waals surface area contributed by atoms with Gasteiger partial charge < -0.3 is 15.5 Å². The third-order valence-electron chi connectivity index (χ3n) is 3.32. The Labute approximate surface area is 133 Å². The molecule has 1 aromatic rings. The lowest BCUT2D eigenvalue weighted by Crippen LogP contribution is -3.11. The summed E-state index contributed by atoms with van der Waals surface area (Å²) in [5, 5.41) is 5.81. The van der Waals surface area contributed by atoms with Crippen molar-refractivity contribution in [3.63, 3.8) is 0 Å². The number of anilines is 1. The fraction of sp³-hybridized carbons (Fsp3) is 0.529. The first-order valence-corrected chi connectivity index (χ1v) is 7.57. The average Bonchev–Trinajstić information content (AvgIpc) is 2.31. The molecule has 0 heterocycles. The van der Waals surface area contributed by atoms with E-state index >= 15 is 0 Å². The van der Waals surface area contributed by atoms with Crippen LogP contribution in [0.4, 0.5) is 5.69 Å². The molecule has 0 aliphatic carbocycles. The first-order valence-electron chi connectivity index (χ1n) is 7.57. The van der Waals surface area contributed by atoms with Crippen molar-refractivity contribution in [2.45, 2.75) is 40.2 Å². The molecule has 3 N–H and O–H groups in total. The van der Waals surface area contributed by atoms with E-state index in [2.05, 4.69) is 10.6 Å². The molecule has 0 radical (unpaired) electrons. The van der Waals surface area contributed by atoms with Gasteiger partial charge >= 0.3 is 0 Å². The van der Waals surface area contributed by atoms with E-state index in [0.717, 1.165) is 21.7 Å². The van der Waals surface area contributed by atoms with E-state index in [1.807, 2.05) is 59.9 Å². The maximum absolute atomic E-state index is 12.1. The van der Waals surface area contributed by atoms with Gasteiger partial charge in [-0.05, 0) is 51.8 Å². The smallest absolute Gasteiger partial charge is 0.279 e. The quantitative estimate of drug-likeness (QED) is 0.749. The van der Waals surface area contributed by atoms with E-state index < -0.39 is 0 Å². The predicted octanol–water partition coefficient (Wildman–Crippen LogP) is 0.671. The van der Waals surface area contributed by atoms with Crippen molar-refractivity contribution in [1.29, 1.82) is 0 Å². The summed E-state index contributed by atoms with van der Waals surface area (Å²) in [5.74, 6) is -0.140. The highest BCUT2D eigenvalue weighted by atomic mass is 16.2. The third kappa shape index (κ3) is 6.26. The lowest BCUT2D eigenvalue weighted by Gasteiger charge is -2.21. The summed E-state index contributed by atoms with van der Waals surface area (Å²) < 4.78 is 0. The average molecular weight is 306 g/mol. The maximum Gasteiger partial charge on any atom is 0.279 e. The van der Waals surface area contributed by atoms with Crippen molar-refractivity contribution < 1.29 is 14.5 Å². The van der Waals surface area contributed by atoms with Crippen molar-refractivity contribution in [3.05, 3.63) is 29.3 Å². The molecule has 1 unspecified atom stereocenters. The molecule has 0 aliphatic heterocycles. The highest BCUT2D eigenvalue weighted by molar-refractivity contribution is 5.92. The van der Waals surface area contributed by atoms with E-state index in [0.29, 0.717) is 0 Å². The number of carbonyl (C=O) groups excluding carboxylic acids is 2. The Bertz CT molecular complexity index is 547. The summed E-state index contributed by atoms with van der Waals surface area (Å²) in [7, 11) is 1.84. The molecule has 0 fully saturated rings. The Morgan fingerprint density at radius 3 is 2.27 bits per heavy atom. The molecule has 0 saturated carbocycles. The van der Waals surface area contributed by atoms with Crippen molar-refractivity contribution in [3.8, 4) is 0 Å². The topological polar surface area (TPSA) is 62.6 Å². The first-order chi connectivity index (χ1) is 10.1. The van der Waals surface area contributed by atoms with Gasteiger partial charge in [-0.15, -0.1) is 0 Å². The molecule has 0 saturated heterocycles. The fourth-order valence-corrected chi connectivity index (χ4v) is 2.15. The minimum atomic E-state index is -0.252. The van der Waals surface area contributed by atoms with Crippen LogP contribution in [0.25, 0.3) is 0 Å². The number of amides is 2. The number of benzene rings is 1. The minimum absolute atomic E-state index is 0.0514. The highest BCUT2D eigenvalue weighted by Gasteiger charge is 2.19. The molecule has 122 valence electrons. The predicted molar refractivity (Wildman–Crippen MR) is 89.1 cm³/mol. The molecule has 1 aromatic carbocycles. The van der Waals surface area contributed by atoms with Crippen LogP contribution in [0, 0.1) is 13.8 Å². The molecule has 5 nitrogen and oxygen atoms in total. The van der Waals surface area contributed by atoms with Gasteiger partial charge in [0, 0.05) is 11.2 Å². The molecule has 0 spiro atoms. The molecule has 1 atom stereocenters. The summed E-state index contributed by atoms with van der Waals surface area (Å²) in [6.45, 7) is 10.3. The van der Waals surface area contributed by atoms with Crippen LogP contribution in [0.1, 0.15) is 31.9 Å². The first kappa shape index (κ1) is 18.2. The zero-order valence-corrected chi connectivity index (χ0v) is 14.5. The second-order valence-corrected chi connectivity index (χ2v) is 6.90. The van der Waals surface area contributed by atoms with E-state index in [4.69, 9.17) is 0 Å². The van der Waals surface area contributed by atoms with Crippen LogP contribution in [0.15, 0.2) is 18.2 Å². The van der Waals surface area contributed by atoms with Crippen LogP contribution in [-0.2, 0) is 9.59 Å². The summed E-state index contributed by atoms with van der Waals surface area (Å²) in [6.07, 6.45) is 0. The largest absolute Gasteiger partial charge is 0.347 e. The number of quaternary nitrogens is 1. The molecular formula is C17H28N3O2+. The van der Waals surface area contributed by atoms with Crippen molar-refractivity contribution in [2.75, 3.05) is 25.5 Å². The Morgan fingerprint density at radius 2 is 1.68 bits per heavy atom. The Morgan fingerprint density at radius 1 is 1.09 bits per heavy atom. The van der Waals surface area contributed by atoms with Crippen LogP contribution in [0.5, 0.6) is 0 Å². The summed E-state index contributed by atoms with van der Waals surface area (Å²) in [4.78, 5) is 24.8. The van der Waals surface area contributed by atoms with Crippen LogP contribution in [0.3, 0.4) is 0 Å². The van der Waals surface area contributed by atoms with Crippen LogP contribution in [-0.4, -0.2) is 37.5 Å². The van der Waals surface area contributed by atoms with E-state index in [1.165, 1.54) is 0 Å². The minimum Gasteiger partial charge on any atom is -0.347 e. The number of carbonyl (C=O) groups is 2. The van der Waals surface area contributed by atoms with Gasteiger partial charge in [0.05, 0.1) is 7.05 Å². The van der Waals surface area contributed by atoms with Gasteiger partial charge in [-0.2, -0.15) is 0 Å². The van der Waals surface area contributed by atoms with Gasteiger partial charge in [0.25, 0.3) is 11.8 Å². The van der Waals surface area contributed by atoms with Gasteiger partial charge in [-0.3, -0.25) is 9.59 Å². The normalized spacial score (nSPS) is 12.6. The van der Waals surface area contributed by atoms with Crippen LogP contribution in [0.2, 0.25) is 0 Å². The maximum atomic E-state index is 12.1. The fourth-order valence-electron chi connectivity index (χ4n) is 2.15. The molecular weight excluding hydrogens is 278 g/mol. The number of hydrogen-bond acceptors (Lipinski definition) is 2. The van der Waals surface area contributed by atoms with E-state index in [9.17, 15) is 9.59 Å². The SMILES string of the molecule is Cc1cccc(NC(=O)C[NH+](C)CC(=O)NC(C)(C)C)c1C. The molecule has 0 aliphatic rings. The van der Waals surface area contributed by atoms with Crippen LogP contribution < -0.4 is 15.5 Å². The molecule has 2 amide bonds. The summed E-state index contributed by atoms with van der Waals surface area (Å²) in [6, 6.07) is 5.83. The van der Waals surface area contributed by atoms with Gasteiger partial charge in [0.1, 0.15) is 0 Å². The van der Waals surface area contributed by atoms with E-state index in [-0.39, 0.29) is 30.4 Å². The van der Waals surface area contributed by atoms with Crippen molar-refractivity contribution >= 4 is 17.5 Å². The lowest BCUT2D eigenvalue weighted by molar-refractivity contribution is -0.862. The van der Waals surface area contributed by atoms with E-state index in [1.54, 1.807) is 0 Å². The molecule has 1 rings (SSSR count). The van der Waals surface area contributed by atoms with Gasteiger partial charge in [0.2, 0.25) is 0 Å². The van der Waals surface area contributed by atoms with Crippen molar-refractivity contribution in [1.82, 2.24) is 5.32 Å². The molecule has 0 bridgehead atoms. The highest BCUT2D eigenvalue weighted by Crippen LogP contribution is 2.17. The summed E-state index contributed by atoms with van der Waals surface area (Å²) in [5.41, 5.74) is 2.79. The number of rotatable bonds is 5. The molecule has 0 aromatic heterocycles. The number of nitrogens with one attached hydrogen (secondary N) is 3. The standard InChI is InChI=1S/C17H27N3O2/c1-12-8-7-9-14(13(12)2)18-15(21)10-20(6)11-16(22)19-17(3,4)5/h7-9H,10-11H2,1-6H3,(H,18,21)(H,19,22)/p+1. The lowest BCUT2D eigenvalue weighted by atomic mass is 10.1. The second kappa shape index (κ2) is 7.40. The van der Waals surface area contributed by atoms with Crippen LogP contribution >= 0.6 is 0 Å². The zero-order chi connectivity index (χ0) is 16.9. The Balaban J connectivity index is 2.51. The number of hydrogen-bond donors (Lipinski definition) is 3. The second-order valence-electron chi connectivity index (χ2n) is 6.90. The molecule has 5 heteroatoms. The zero-order valence-electron chi connectivity index (χ0n) is 14.5. The summed E-state index contributed by atoms with van der Waals surface area (Å²) >= 11 is 0. The van der Waals surface area contributed by atoms with Gasteiger partial charge in [0.15, 0.2) is 13.1 Å². The Kier molecular flexibility index (Phi) is 6.11. The monoisotopic (exact) mass is 306 g/mol. The number of aryl methyl sites for hydroxylation is 1. The van der Waals surface area contributed by atoms with Crippen molar-refractivity contribution in [2.24, 2.45) is 0 Å². The Hall–Kier alpha value is -1.88. The number of likely N-dealkylation sites (N-methyl/N-ethyl adjacent to an activating group) is 1. The molecule has 22 heavy (non-hydrogen) atoms. The van der Waals surface area contributed by atoms with Gasteiger partial charge in [-0.1, -0.05) is 12.1 Å². The van der Waals surface area contributed by atoms with Gasteiger partial charge in [-0.25, -0.2) is 0 Å².